The summed E-state index contributed by atoms with van der Waals surface area (Å²) in [6, 6.07) is 6.04. The average Bonchev–Trinajstić information content (AvgIpc) is 3.51. The summed E-state index contributed by atoms with van der Waals surface area (Å²) in [5, 5.41) is 57.2. The smallest absolute Gasteiger partial charge is 0.338 e. The third kappa shape index (κ3) is 9.80. The Morgan fingerprint density at radius 2 is 1.62 bits per heavy atom. The molecule has 16 heteroatoms. The predicted molar refractivity (Wildman–Crippen MR) is 232 cm³/mol. The van der Waals surface area contributed by atoms with Crippen LogP contribution in [0.5, 0.6) is 5.75 Å². The number of aliphatic hydroxyl groups excluding tert-OH is 4. The van der Waals surface area contributed by atoms with Gasteiger partial charge >= 0.3 is 17.9 Å². The first-order valence-corrected chi connectivity index (χ1v) is 23.4. The van der Waals surface area contributed by atoms with E-state index in [4.69, 9.17) is 37.9 Å². The molecule has 5 N–H and O–H groups in total. The highest BCUT2D eigenvalue weighted by atomic mass is 16.8. The van der Waals surface area contributed by atoms with E-state index in [0.717, 1.165) is 38.5 Å². The summed E-state index contributed by atoms with van der Waals surface area (Å²) >= 11 is 0. The van der Waals surface area contributed by atoms with Crippen molar-refractivity contribution >= 4 is 17.9 Å². The minimum absolute atomic E-state index is 0.0483. The minimum atomic E-state index is -1.66. The van der Waals surface area contributed by atoms with E-state index in [2.05, 4.69) is 26.5 Å². The van der Waals surface area contributed by atoms with Gasteiger partial charge in [-0.3, -0.25) is 9.59 Å². The third-order valence-corrected chi connectivity index (χ3v) is 15.9. The van der Waals surface area contributed by atoms with Gasteiger partial charge in [-0.2, -0.15) is 0 Å². The van der Waals surface area contributed by atoms with Crippen molar-refractivity contribution in [2.24, 2.45) is 34.5 Å². The van der Waals surface area contributed by atoms with Crippen LogP contribution in [0.25, 0.3) is 0 Å². The fourth-order valence-corrected chi connectivity index (χ4v) is 12.3. The lowest BCUT2D eigenvalue weighted by Crippen LogP contribution is -2.64. The number of esters is 3. The summed E-state index contributed by atoms with van der Waals surface area (Å²) in [6.07, 6.45) is -1.79. The summed E-state index contributed by atoms with van der Waals surface area (Å²) < 4.78 is 47.6. The molecule has 3 saturated carbocycles. The summed E-state index contributed by atoms with van der Waals surface area (Å²) in [5.41, 5.74) is -0.987. The quantitative estimate of drug-likeness (QED) is 0.0674. The Morgan fingerprint density at radius 1 is 0.908 bits per heavy atom. The number of fused-ring (bicyclic) bond motifs is 5. The van der Waals surface area contributed by atoms with E-state index in [0.29, 0.717) is 37.4 Å². The fourth-order valence-electron chi connectivity index (χ4n) is 12.3. The monoisotopic (exact) mass is 914 g/mol. The normalized spacial score (nSPS) is 40.5. The number of hydrogen-bond donors (Lipinski definition) is 5. The molecule has 0 radical (unpaired) electrons. The van der Waals surface area contributed by atoms with Crippen molar-refractivity contribution in [1.29, 1.82) is 0 Å². The fraction of sp³-hybridized carbons (Fsp3) is 0.735. The van der Waals surface area contributed by atoms with Gasteiger partial charge in [0.05, 0.1) is 44.7 Å². The number of unbranched alkanes of at least 4 members (excludes halogenated alkanes) is 2. The number of carbonyl (C=O) groups is 3. The minimum Gasteiger partial charge on any atom is -0.497 e. The highest BCUT2D eigenvalue weighted by Gasteiger charge is 2.70. The van der Waals surface area contributed by atoms with Crippen LogP contribution in [0.2, 0.25) is 0 Å². The number of benzene rings is 1. The van der Waals surface area contributed by atoms with Gasteiger partial charge in [-0.1, -0.05) is 38.5 Å². The molecule has 0 spiro atoms. The zero-order valence-corrected chi connectivity index (χ0v) is 38.4. The number of ether oxygens (including phenoxy) is 8. The standard InChI is InChI=1S/C49H70O16/c1-7-8-9-10-11-39(54)59-24-27(2)49(57)38(23-35-33-17-14-30-22-31(51)18-20-47(30,4)34(33)19-21-48(35,49)5)63-46-43(62-28(3)50)41(37(53)26-61-46)65-45-42(40(55)36(52)25-60-45)64-44(56)29-12-15-32(58-6)16-13-29/h7,12-16,27,31,33-38,40-43,45-46,51-53,55,57H,1,8-11,17-26H2,2-6H3/t27-,31+,33-,34+,35+,36-,37+,38+,40+,41+,42-,43-,45+,46+,47+,48+,49-/m1/s1. The Kier molecular flexibility index (Phi) is 15.5. The molecule has 0 bridgehead atoms. The highest BCUT2D eigenvalue weighted by molar-refractivity contribution is 5.89. The summed E-state index contributed by atoms with van der Waals surface area (Å²) in [7, 11) is 1.48. The van der Waals surface area contributed by atoms with E-state index in [1.165, 1.54) is 31.7 Å². The van der Waals surface area contributed by atoms with Gasteiger partial charge in [-0.25, -0.2) is 4.79 Å². The molecule has 2 aliphatic heterocycles. The molecule has 17 atom stereocenters. The van der Waals surface area contributed by atoms with Crippen LogP contribution in [0.1, 0.15) is 109 Å². The van der Waals surface area contributed by atoms with Gasteiger partial charge in [0.15, 0.2) is 24.8 Å². The van der Waals surface area contributed by atoms with Crippen molar-refractivity contribution in [3.63, 3.8) is 0 Å². The summed E-state index contributed by atoms with van der Waals surface area (Å²) in [6.45, 7) is 10.4. The van der Waals surface area contributed by atoms with Crippen molar-refractivity contribution in [1.82, 2.24) is 0 Å². The molecule has 1 aromatic rings. The molecular weight excluding hydrogens is 845 g/mol. The zero-order valence-electron chi connectivity index (χ0n) is 38.4. The van der Waals surface area contributed by atoms with Crippen LogP contribution in [-0.2, 0) is 42.7 Å². The SMILES string of the molecule is C=CCCCCC(=O)OC[C@@H](C)[C@@]1(O)[C@@H](O[C@@H]2OC[C@H](O)[C@H](O[C@@H]3OC[C@@H](O)[C@H](O)[C@H]3OC(=O)c3ccc(OC)cc3)[C@H]2OC(C)=O)C[C@H]2[C@@H]3CC=C4C[C@@H](O)CC[C@]4(C)[C@H]3CC[C@@]21C. The van der Waals surface area contributed by atoms with E-state index < -0.39 is 90.8 Å². The lowest BCUT2D eigenvalue weighted by atomic mass is 9.46. The van der Waals surface area contributed by atoms with Gasteiger partial charge in [-0.05, 0) is 112 Å². The van der Waals surface area contributed by atoms with Crippen LogP contribution in [0, 0.1) is 34.5 Å². The van der Waals surface area contributed by atoms with Gasteiger partial charge in [0.1, 0.15) is 35.8 Å². The second-order valence-corrected chi connectivity index (χ2v) is 19.7. The van der Waals surface area contributed by atoms with Crippen molar-refractivity contribution in [3.05, 3.63) is 54.1 Å². The molecule has 7 rings (SSSR count). The molecule has 65 heavy (non-hydrogen) atoms. The molecule has 2 heterocycles. The topological polar surface area (TPSA) is 226 Å². The average molecular weight is 915 g/mol. The molecule has 2 saturated heterocycles. The molecule has 4 aliphatic carbocycles. The van der Waals surface area contributed by atoms with E-state index in [-0.39, 0.29) is 54.5 Å². The van der Waals surface area contributed by atoms with Crippen LogP contribution < -0.4 is 4.74 Å². The van der Waals surface area contributed by atoms with Crippen molar-refractivity contribution < 1.29 is 77.8 Å². The second kappa shape index (κ2) is 20.4. The van der Waals surface area contributed by atoms with Crippen molar-refractivity contribution in [3.8, 4) is 5.75 Å². The third-order valence-electron chi connectivity index (χ3n) is 15.9. The number of aliphatic hydroxyl groups is 5. The Morgan fingerprint density at radius 3 is 2.31 bits per heavy atom. The molecule has 0 aromatic heterocycles. The first-order chi connectivity index (χ1) is 30.9. The lowest BCUT2D eigenvalue weighted by molar-refractivity contribution is -0.345. The maximum absolute atomic E-state index is 13.5. The molecule has 0 unspecified atom stereocenters. The largest absolute Gasteiger partial charge is 0.497 e. The summed E-state index contributed by atoms with van der Waals surface area (Å²) in [4.78, 5) is 39.2. The Hall–Kier alpha value is -3.45. The maximum Gasteiger partial charge on any atom is 0.338 e. The number of rotatable bonds is 16. The van der Waals surface area contributed by atoms with Crippen LogP contribution in [0.3, 0.4) is 0 Å². The van der Waals surface area contributed by atoms with Crippen LogP contribution in [0.15, 0.2) is 48.6 Å². The Labute approximate surface area is 381 Å². The van der Waals surface area contributed by atoms with Crippen LogP contribution >= 0.6 is 0 Å². The van der Waals surface area contributed by atoms with Gasteiger partial charge in [0.25, 0.3) is 0 Å². The van der Waals surface area contributed by atoms with Crippen molar-refractivity contribution in [2.75, 3.05) is 26.9 Å². The van der Waals surface area contributed by atoms with E-state index in [9.17, 15) is 39.9 Å². The number of carbonyl (C=O) groups excluding carboxylic acids is 3. The molecule has 16 nitrogen and oxygen atoms in total. The molecule has 1 aromatic carbocycles. The first kappa shape index (κ1) is 49.5. The van der Waals surface area contributed by atoms with E-state index in [1.807, 2.05) is 13.0 Å². The van der Waals surface area contributed by atoms with Crippen molar-refractivity contribution in [2.45, 2.75) is 165 Å². The number of allylic oxidation sites excluding steroid dienone is 2. The predicted octanol–water partition coefficient (Wildman–Crippen LogP) is 4.31. The van der Waals surface area contributed by atoms with Crippen LogP contribution in [-0.4, -0.2) is 137 Å². The van der Waals surface area contributed by atoms with Gasteiger partial charge < -0.3 is 63.4 Å². The molecule has 5 fully saturated rings. The summed E-state index contributed by atoms with van der Waals surface area (Å²) in [5.74, 6) is -1.67. The van der Waals surface area contributed by atoms with Gasteiger partial charge in [0.2, 0.25) is 0 Å². The molecule has 0 amide bonds. The second-order valence-electron chi connectivity index (χ2n) is 19.7. The zero-order chi connectivity index (χ0) is 46.8. The molecular formula is C49H70O16. The van der Waals surface area contributed by atoms with E-state index >= 15 is 0 Å². The molecule has 362 valence electrons. The first-order valence-electron chi connectivity index (χ1n) is 23.4. The van der Waals surface area contributed by atoms with Gasteiger partial charge in [-0.15, -0.1) is 6.58 Å². The Bertz CT molecular complexity index is 1870. The molecule has 6 aliphatic rings. The number of hydrogen-bond acceptors (Lipinski definition) is 16. The Balaban J connectivity index is 1.16. The lowest BCUT2D eigenvalue weighted by Gasteiger charge is -2.59. The highest BCUT2D eigenvalue weighted by Crippen LogP contribution is 2.69. The van der Waals surface area contributed by atoms with Crippen LogP contribution in [0.4, 0.5) is 0 Å². The van der Waals surface area contributed by atoms with E-state index in [1.54, 1.807) is 12.1 Å². The van der Waals surface area contributed by atoms with Gasteiger partial charge in [0, 0.05) is 24.7 Å². The maximum atomic E-state index is 13.5. The number of methoxy groups -OCH3 is 1.